The van der Waals surface area contributed by atoms with Gasteiger partial charge in [0.15, 0.2) is 0 Å². The van der Waals surface area contributed by atoms with Crippen LogP contribution in [-0.4, -0.2) is 61.3 Å². The smallest absolute Gasteiger partial charge is 0.247 e. The standard InChI is InChI=1S/C27H33N3O4/c1-2-11-30-12-14-33-26-22-17-21(7-8-25(22)34-18-24(26)30)32-13-4-3-9-29-27(31)20-15-19-6-5-10-28-23(19)16-20/h5-8,10,15,17,24,26H,2-4,9,11-14,16,18H2,1H3,(H,29,31)/t24-,26-/m1/s1. The number of aromatic nitrogens is 1. The number of amides is 1. The number of ether oxygens (including phenoxy) is 3. The fourth-order valence-corrected chi connectivity index (χ4v) is 4.99. The number of benzene rings is 1. The second-order valence-corrected chi connectivity index (χ2v) is 9.10. The lowest BCUT2D eigenvalue weighted by atomic mass is 9.96. The summed E-state index contributed by atoms with van der Waals surface area (Å²) in [6.07, 6.45) is 7.19. The minimum atomic E-state index is -0.00670. The molecule has 1 aromatic carbocycles. The van der Waals surface area contributed by atoms with Gasteiger partial charge >= 0.3 is 0 Å². The zero-order valence-electron chi connectivity index (χ0n) is 19.8. The number of hydrogen-bond acceptors (Lipinski definition) is 6. The van der Waals surface area contributed by atoms with Crippen LogP contribution in [0.5, 0.6) is 11.5 Å². The lowest BCUT2D eigenvalue weighted by molar-refractivity contribution is -0.117. The number of unbranched alkanes of at least 4 members (excludes halogenated alkanes) is 1. The van der Waals surface area contributed by atoms with Crippen LogP contribution >= 0.6 is 0 Å². The van der Waals surface area contributed by atoms with Gasteiger partial charge in [-0.25, -0.2) is 0 Å². The van der Waals surface area contributed by atoms with Gasteiger partial charge < -0.3 is 19.5 Å². The molecule has 1 saturated heterocycles. The number of pyridine rings is 1. The second kappa shape index (κ2) is 10.6. The summed E-state index contributed by atoms with van der Waals surface area (Å²) in [7, 11) is 0. The summed E-state index contributed by atoms with van der Waals surface area (Å²) >= 11 is 0. The third-order valence-corrected chi connectivity index (χ3v) is 6.73. The fourth-order valence-electron chi connectivity index (χ4n) is 4.99. The summed E-state index contributed by atoms with van der Waals surface area (Å²) in [6, 6.07) is 10.2. The van der Waals surface area contributed by atoms with Crippen LogP contribution in [0.4, 0.5) is 0 Å². The van der Waals surface area contributed by atoms with Gasteiger partial charge in [0, 0.05) is 36.8 Å². The molecule has 1 aromatic heterocycles. The molecule has 0 bridgehead atoms. The molecule has 2 aliphatic heterocycles. The SMILES string of the molecule is CCCN1CCO[C@@H]2c3cc(OCCCCNC(=O)C4=Cc5cccnc5C4)ccc3OC[C@H]21. The van der Waals surface area contributed by atoms with Crippen molar-refractivity contribution in [1.29, 1.82) is 0 Å². The molecule has 7 heteroatoms. The summed E-state index contributed by atoms with van der Waals surface area (Å²) in [5, 5.41) is 3.02. The van der Waals surface area contributed by atoms with Crippen molar-refractivity contribution in [1.82, 2.24) is 15.2 Å². The summed E-state index contributed by atoms with van der Waals surface area (Å²) < 4.78 is 18.2. The number of carbonyl (C=O) groups is 1. The largest absolute Gasteiger partial charge is 0.494 e. The number of hydrogen-bond donors (Lipinski definition) is 1. The van der Waals surface area contributed by atoms with Gasteiger partial charge in [-0.3, -0.25) is 14.7 Å². The fraction of sp³-hybridized carbons (Fsp3) is 0.481. The number of nitrogens with one attached hydrogen (secondary N) is 1. The third kappa shape index (κ3) is 4.95. The summed E-state index contributed by atoms with van der Waals surface area (Å²) in [4.78, 5) is 19.2. The predicted molar refractivity (Wildman–Crippen MR) is 130 cm³/mol. The van der Waals surface area contributed by atoms with Gasteiger partial charge in [0.25, 0.3) is 0 Å². The molecule has 0 unspecified atom stereocenters. The first kappa shape index (κ1) is 22.9. The molecule has 2 atom stereocenters. The van der Waals surface area contributed by atoms with E-state index in [1.54, 1.807) is 6.20 Å². The zero-order chi connectivity index (χ0) is 23.3. The number of morpholine rings is 1. The van der Waals surface area contributed by atoms with Crippen LogP contribution in [0.2, 0.25) is 0 Å². The van der Waals surface area contributed by atoms with Crippen LogP contribution in [-0.2, 0) is 16.0 Å². The van der Waals surface area contributed by atoms with E-state index in [0.29, 0.717) is 26.2 Å². The molecule has 3 aliphatic rings. The Morgan fingerprint density at radius 2 is 2.24 bits per heavy atom. The van der Waals surface area contributed by atoms with Crippen LogP contribution in [0.25, 0.3) is 6.08 Å². The van der Waals surface area contributed by atoms with Crippen LogP contribution in [0.15, 0.2) is 42.1 Å². The maximum absolute atomic E-state index is 12.4. The highest BCUT2D eigenvalue weighted by atomic mass is 16.5. The normalized spacial score (nSPS) is 21.0. The average Bonchev–Trinajstić information content (AvgIpc) is 3.31. The first-order valence-corrected chi connectivity index (χ1v) is 12.4. The Hall–Kier alpha value is -2.90. The molecule has 1 aliphatic carbocycles. The molecule has 0 saturated carbocycles. The van der Waals surface area contributed by atoms with Crippen molar-refractivity contribution in [2.75, 3.05) is 39.5 Å². The summed E-state index contributed by atoms with van der Waals surface area (Å²) in [6.45, 7) is 6.89. The highest BCUT2D eigenvalue weighted by Crippen LogP contribution is 2.40. The molecule has 0 radical (unpaired) electrons. The molecule has 1 N–H and O–H groups in total. The van der Waals surface area contributed by atoms with Gasteiger partial charge in [-0.15, -0.1) is 0 Å². The van der Waals surface area contributed by atoms with Crippen molar-refractivity contribution in [3.63, 3.8) is 0 Å². The van der Waals surface area contributed by atoms with Crippen LogP contribution < -0.4 is 14.8 Å². The van der Waals surface area contributed by atoms with Crippen molar-refractivity contribution in [3.8, 4) is 11.5 Å². The average molecular weight is 464 g/mol. The molecule has 2 aromatic rings. The molecule has 0 spiro atoms. The Labute approximate surface area is 201 Å². The van der Waals surface area contributed by atoms with Gasteiger partial charge in [0.05, 0.1) is 24.9 Å². The van der Waals surface area contributed by atoms with E-state index in [1.165, 1.54) is 0 Å². The Kier molecular flexibility index (Phi) is 7.11. The molecule has 7 nitrogen and oxygen atoms in total. The number of rotatable bonds is 9. The van der Waals surface area contributed by atoms with Crippen molar-refractivity contribution in [3.05, 3.63) is 58.9 Å². The van der Waals surface area contributed by atoms with Crippen molar-refractivity contribution >= 4 is 12.0 Å². The van der Waals surface area contributed by atoms with E-state index in [1.807, 2.05) is 30.3 Å². The Morgan fingerprint density at radius 1 is 1.29 bits per heavy atom. The topological polar surface area (TPSA) is 72.9 Å². The highest BCUT2D eigenvalue weighted by molar-refractivity contribution is 6.00. The first-order chi connectivity index (χ1) is 16.7. The maximum atomic E-state index is 12.4. The Morgan fingerprint density at radius 3 is 3.12 bits per heavy atom. The lowest BCUT2D eigenvalue weighted by Gasteiger charge is -2.44. The van der Waals surface area contributed by atoms with Crippen molar-refractivity contribution < 1.29 is 19.0 Å². The van der Waals surface area contributed by atoms with Gasteiger partial charge in [-0.2, -0.15) is 0 Å². The summed E-state index contributed by atoms with van der Waals surface area (Å²) in [5.41, 5.74) is 3.88. The minimum Gasteiger partial charge on any atom is -0.494 e. The van der Waals surface area contributed by atoms with Gasteiger partial charge in [-0.1, -0.05) is 13.0 Å². The second-order valence-electron chi connectivity index (χ2n) is 9.10. The lowest BCUT2D eigenvalue weighted by Crippen LogP contribution is -2.52. The highest BCUT2D eigenvalue weighted by Gasteiger charge is 2.38. The van der Waals surface area contributed by atoms with Gasteiger partial charge in [-0.05, 0) is 61.7 Å². The van der Waals surface area contributed by atoms with Crippen LogP contribution in [0, 0.1) is 0 Å². The van der Waals surface area contributed by atoms with Crippen LogP contribution in [0.1, 0.15) is 49.1 Å². The third-order valence-electron chi connectivity index (χ3n) is 6.73. The molecular weight excluding hydrogens is 430 g/mol. The molecule has 1 amide bonds. The molecule has 1 fully saturated rings. The van der Waals surface area contributed by atoms with E-state index in [-0.39, 0.29) is 18.1 Å². The minimum absolute atomic E-state index is 0.00670. The van der Waals surface area contributed by atoms with Gasteiger partial charge in [0.2, 0.25) is 5.91 Å². The molecule has 5 rings (SSSR count). The van der Waals surface area contributed by atoms with E-state index < -0.39 is 0 Å². The number of fused-ring (bicyclic) bond motifs is 4. The molecular formula is C27H33N3O4. The molecule has 180 valence electrons. The Balaban J connectivity index is 1.07. The zero-order valence-corrected chi connectivity index (χ0v) is 19.8. The van der Waals surface area contributed by atoms with E-state index in [2.05, 4.69) is 28.2 Å². The van der Waals surface area contributed by atoms with Crippen molar-refractivity contribution in [2.24, 2.45) is 0 Å². The summed E-state index contributed by atoms with van der Waals surface area (Å²) in [5.74, 6) is 1.73. The van der Waals surface area contributed by atoms with E-state index >= 15 is 0 Å². The molecule has 3 heterocycles. The van der Waals surface area contributed by atoms with E-state index in [9.17, 15) is 4.79 Å². The number of nitrogens with zero attached hydrogens (tertiary/aromatic N) is 2. The number of carbonyl (C=O) groups excluding carboxylic acids is 1. The monoisotopic (exact) mass is 463 g/mol. The van der Waals surface area contributed by atoms with E-state index in [0.717, 1.165) is 72.9 Å². The van der Waals surface area contributed by atoms with Crippen LogP contribution in [0.3, 0.4) is 0 Å². The van der Waals surface area contributed by atoms with Gasteiger partial charge in [0.1, 0.15) is 24.2 Å². The van der Waals surface area contributed by atoms with E-state index in [4.69, 9.17) is 14.2 Å². The van der Waals surface area contributed by atoms with Crippen molar-refractivity contribution in [2.45, 2.75) is 44.8 Å². The maximum Gasteiger partial charge on any atom is 0.247 e. The quantitative estimate of drug-likeness (QED) is 0.574. The first-order valence-electron chi connectivity index (χ1n) is 12.4. The Bertz CT molecular complexity index is 1050. The molecule has 34 heavy (non-hydrogen) atoms. The predicted octanol–water partition coefficient (Wildman–Crippen LogP) is 3.54.